The summed E-state index contributed by atoms with van der Waals surface area (Å²) in [6, 6.07) is 12.9. The summed E-state index contributed by atoms with van der Waals surface area (Å²) < 4.78 is 16.9. The second-order valence-electron chi connectivity index (χ2n) is 7.91. The molecule has 8 nitrogen and oxygen atoms in total. The molecule has 2 N–H and O–H groups in total. The van der Waals surface area contributed by atoms with E-state index in [0.717, 1.165) is 16.3 Å². The van der Waals surface area contributed by atoms with Crippen LogP contribution in [0, 0.1) is 5.82 Å². The van der Waals surface area contributed by atoms with E-state index >= 15 is 0 Å². The second-order valence-corrected chi connectivity index (χ2v) is 8.78. The van der Waals surface area contributed by atoms with Crippen LogP contribution < -0.4 is 10.6 Å². The summed E-state index contributed by atoms with van der Waals surface area (Å²) in [6.07, 6.45) is 7.85. The van der Waals surface area contributed by atoms with Gasteiger partial charge in [0.05, 0.1) is 35.9 Å². The Labute approximate surface area is 204 Å². The van der Waals surface area contributed by atoms with Gasteiger partial charge in [-0.15, -0.1) is 11.3 Å². The van der Waals surface area contributed by atoms with Gasteiger partial charge in [0.25, 0.3) is 5.91 Å². The number of carbonyl (C=O) groups is 2. The van der Waals surface area contributed by atoms with E-state index in [1.165, 1.54) is 18.3 Å². The Hall–Kier alpha value is -4.31. The highest BCUT2D eigenvalue weighted by Crippen LogP contribution is 2.14. The third kappa shape index (κ3) is 5.44. The van der Waals surface area contributed by atoms with Gasteiger partial charge in [0, 0.05) is 36.3 Å². The van der Waals surface area contributed by atoms with Crippen molar-refractivity contribution in [2.45, 2.75) is 12.8 Å². The molecule has 0 unspecified atom stereocenters. The molecule has 0 saturated heterocycles. The van der Waals surface area contributed by atoms with Gasteiger partial charge < -0.3 is 10.6 Å². The molecule has 2 aromatic carbocycles. The summed E-state index contributed by atoms with van der Waals surface area (Å²) in [5, 5.41) is 11.9. The van der Waals surface area contributed by atoms with Crippen molar-refractivity contribution in [3.63, 3.8) is 0 Å². The van der Waals surface area contributed by atoms with Crippen LogP contribution >= 0.6 is 11.3 Å². The van der Waals surface area contributed by atoms with E-state index in [2.05, 4.69) is 20.7 Å². The number of fused-ring (bicyclic) bond motifs is 1. The SMILES string of the molecule is O=C(Cc1cccc(F)c1)Nc1cnn(-c2ccc(C(=O)NCCc3cn4ccsc4n3)cc2)c1. The molecule has 0 bridgehead atoms. The Bertz CT molecular complexity index is 1460. The van der Waals surface area contributed by atoms with Crippen LogP contribution in [-0.2, 0) is 17.6 Å². The molecular weight excluding hydrogens is 467 g/mol. The standard InChI is InChI=1S/C25H21FN6O2S/c26-19-3-1-2-17(12-19)13-23(33)29-21-14-28-32(16-21)22-6-4-18(5-7-22)24(34)27-9-8-20-15-31-10-11-35-25(31)30-20/h1-7,10-12,14-16H,8-9,13H2,(H,27,34)(H,29,33). The number of imidazole rings is 1. The van der Waals surface area contributed by atoms with E-state index in [0.29, 0.717) is 29.8 Å². The van der Waals surface area contributed by atoms with Crippen LogP contribution in [0.25, 0.3) is 10.6 Å². The van der Waals surface area contributed by atoms with Gasteiger partial charge in [-0.2, -0.15) is 5.10 Å². The van der Waals surface area contributed by atoms with Gasteiger partial charge in [-0.1, -0.05) is 12.1 Å². The van der Waals surface area contributed by atoms with Crippen molar-refractivity contribution in [1.82, 2.24) is 24.5 Å². The number of nitrogens with one attached hydrogen (secondary N) is 2. The van der Waals surface area contributed by atoms with Gasteiger partial charge in [-0.05, 0) is 42.0 Å². The summed E-state index contributed by atoms with van der Waals surface area (Å²) in [7, 11) is 0. The number of benzene rings is 2. The summed E-state index contributed by atoms with van der Waals surface area (Å²) in [5.41, 5.74) is 3.33. The van der Waals surface area contributed by atoms with E-state index in [1.54, 1.807) is 58.6 Å². The molecule has 35 heavy (non-hydrogen) atoms. The van der Waals surface area contributed by atoms with Crippen LogP contribution in [0.2, 0.25) is 0 Å². The topological polar surface area (TPSA) is 93.3 Å². The fourth-order valence-corrected chi connectivity index (χ4v) is 4.35. The molecule has 0 radical (unpaired) electrons. The molecule has 0 aliphatic carbocycles. The summed E-state index contributed by atoms with van der Waals surface area (Å²) in [4.78, 5) is 30.2. The van der Waals surface area contributed by atoms with E-state index in [1.807, 2.05) is 22.2 Å². The van der Waals surface area contributed by atoms with Crippen molar-refractivity contribution in [2.24, 2.45) is 0 Å². The molecule has 3 heterocycles. The zero-order chi connectivity index (χ0) is 24.2. The van der Waals surface area contributed by atoms with Crippen LogP contribution in [0.15, 0.2) is 78.7 Å². The zero-order valence-electron chi connectivity index (χ0n) is 18.5. The number of hydrogen-bond donors (Lipinski definition) is 2. The van der Waals surface area contributed by atoms with Crippen molar-refractivity contribution in [2.75, 3.05) is 11.9 Å². The maximum absolute atomic E-state index is 13.3. The fourth-order valence-electron chi connectivity index (χ4n) is 3.63. The molecule has 2 amide bonds. The molecule has 5 aromatic rings. The predicted molar refractivity (Wildman–Crippen MR) is 131 cm³/mol. The lowest BCUT2D eigenvalue weighted by molar-refractivity contribution is -0.115. The first-order chi connectivity index (χ1) is 17.0. The van der Waals surface area contributed by atoms with Crippen molar-refractivity contribution in [1.29, 1.82) is 0 Å². The smallest absolute Gasteiger partial charge is 0.251 e. The molecule has 0 saturated carbocycles. The van der Waals surface area contributed by atoms with Crippen molar-refractivity contribution in [3.05, 3.63) is 101 Å². The first-order valence-corrected chi connectivity index (χ1v) is 11.8. The lowest BCUT2D eigenvalue weighted by Crippen LogP contribution is -2.25. The molecule has 0 fully saturated rings. The second kappa shape index (κ2) is 9.90. The molecule has 5 rings (SSSR count). The molecule has 10 heteroatoms. The van der Waals surface area contributed by atoms with E-state index < -0.39 is 0 Å². The largest absolute Gasteiger partial charge is 0.352 e. The monoisotopic (exact) mass is 488 g/mol. The molecule has 0 spiro atoms. The van der Waals surface area contributed by atoms with Crippen molar-refractivity contribution < 1.29 is 14.0 Å². The number of anilines is 1. The van der Waals surface area contributed by atoms with Crippen molar-refractivity contribution in [3.8, 4) is 5.69 Å². The number of carbonyl (C=O) groups excluding carboxylic acids is 2. The van der Waals surface area contributed by atoms with Gasteiger partial charge in [-0.25, -0.2) is 14.1 Å². The highest BCUT2D eigenvalue weighted by Gasteiger charge is 2.10. The molecule has 0 atom stereocenters. The van der Waals surface area contributed by atoms with Gasteiger partial charge in [0.1, 0.15) is 5.82 Å². The van der Waals surface area contributed by atoms with Crippen LogP contribution in [0.1, 0.15) is 21.6 Å². The first kappa shape index (κ1) is 22.5. The fraction of sp³-hybridized carbons (Fsp3) is 0.120. The average molecular weight is 489 g/mol. The van der Waals surface area contributed by atoms with E-state index in [4.69, 9.17) is 0 Å². The Balaban J connectivity index is 1.13. The number of aromatic nitrogens is 4. The number of hydrogen-bond acceptors (Lipinski definition) is 5. The van der Waals surface area contributed by atoms with E-state index in [-0.39, 0.29) is 24.1 Å². The minimum absolute atomic E-state index is 0.0613. The maximum Gasteiger partial charge on any atom is 0.251 e. The molecule has 0 aliphatic rings. The van der Waals surface area contributed by atoms with Crippen LogP contribution in [0.5, 0.6) is 0 Å². The summed E-state index contributed by atoms with van der Waals surface area (Å²) >= 11 is 1.57. The summed E-state index contributed by atoms with van der Waals surface area (Å²) in [6.45, 7) is 0.489. The predicted octanol–water partition coefficient (Wildman–Crippen LogP) is 3.87. The Morgan fingerprint density at radius 1 is 1.09 bits per heavy atom. The number of amides is 2. The lowest BCUT2D eigenvalue weighted by Gasteiger charge is -2.06. The van der Waals surface area contributed by atoms with Gasteiger partial charge in [0.2, 0.25) is 5.91 Å². The number of thiazole rings is 1. The number of halogens is 1. The van der Waals surface area contributed by atoms with Gasteiger partial charge >= 0.3 is 0 Å². The Morgan fingerprint density at radius 3 is 2.74 bits per heavy atom. The minimum Gasteiger partial charge on any atom is -0.352 e. The molecule has 0 aliphatic heterocycles. The number of nitrogens with zero attached hydrogens (tertiary/aromatic N) is 4. The van der Waals surface area contributed by atoms with Crippen molar-refractivity contribution >= 4 is 33.8 Å². The van der Waals surface area contributed by atoms with E-state index in [9.17, 15) is 14.0 Å². The molecular formula is C25H21FN6O2S. The Morgan fingerprint density at radius 2 is 1.94 bits per heavy atom. The normalized spacial score (nSPS) is 11.0. The zero-order valence-corrected chi connectivity index (χ0v) is 19.3. The third-order valence-electron chi connectivity index (χ3n) is 5.32. The summed E-state index contributed by atoms with van der Waals surface area (Å²) in [5.74, 6) is -0.806. The molecule has 176 valence electrons. The Kier molecular flexibility index (Phi) is 6.36. The van der Waals surface area contributed by atoms with Gasteiger partial charge in [-0.3, -0.25) is 14.0 Å². The number of rotatable bonds is 8. The maximum atomic E-state index is 13.3. The van der Waals surface area contributed by atoms with Crippen LogP contribution in [-0.4, -0.2) is 37.5 Å². The highest BCUT2D eigenvalue weighted by molar-refractivity contribution is 7.15. The minimum atomic E-state index is -0.377. The molecule has 3 aromatic heterocycles. The van der Waals surface area contributed by atoms with Gasteiger partial charge in [0.15, 0.2) is 4.96 Å². The van der Waals surface area contributed by atoms with Crippen LogP contribution in [0.3, 0.4) is 0 Å². The average Bonchev–Trinajstić information content (AvgIpc) is 3.56. The van der Waals surface area contributed by atoms with Crippen LogP contribution in [0.4, 0.5) is 10.1 Å². The third-order valence-corrected chi connectivity index (χ3v) is 6.09. The highest BCUT2D eigenvalue weighted by atomic mass is 32.1. The quantitative estimate of drug-likeness (QED) is 0.347. The lowest BCUT2D eigenvalue weighted by atomic mass is 10.1. The first-order valence-electron chi connectivity index (χ1n) is 10.9.